The molecule has 3 aromatic carbocycles. The van der Waals surface area contributed by atoms with Crippen LogP contribution in [0.1, 0.15) is 16.7 Å². The number of sulfone groups is 1. The van der Waals surface area contributed by atoms with Crippen LogP contribution in [0, 0.1) is 13.8 Å². The molecule has 0 aliphatic rings. The van der Waals surface area contributed by atoms with Crippen LogP contribution in [0.5, 0.6) is 0 Å². The van der Waals surface area contributed by atoms with Gasteiger partial charge in [-0.15, -0.1) is 0 Å². The molecule has 0 spiro atoms. The summed E-state index contributed by atoms with van der Waals surface area (Å²) in [5.74, 6) is -0.0395. The Morgan fingerprint density at radius 3 is 2.28 bits per heavy atom. The molecule has 0 bridgehead atoms. The monoisotopic (exact) mass is 498 g/mol. The van der Waals surface area contributed by atoms with Crippen LogP contribution in [0.15, 0.2) is 81.6 Å². The number of benzene rings is 3. The number of aryl methyl sites for hydroxylation is 2. The second-order valence-electron chi connectivity index (χ2n) is 8.91. The average Bonchev–Trinajstić information content (AvgIpc) is 3.13. The van der Waals surface area contributed by atoms with E-state index >= 15 is 0 Å². The summed E-state index contributed by atoms with van der Waals surface area (Å²) >= 11 is 0. The van der Waals surface area contributed by atoms with Crippen molar-refractivity contribution in [3.63, 3.8) is 0 Å². The van der Waals surface area contributed by atoms with Crippen LogP contribution < -0.4 is 10.6 Å². The minimum Gasteiger partial charge on any atom is -0.382 e. The lowest BCUT2D eigenvalue weighted by Gasteiger charge is -2.11. The van der Waals surface area contributed by atoms with E-state index in [0.29, 0.717) is 16.6 Å². The van der Waals surface area contributed by atoms with E-state index in [1.165, 1.54) is 4.68 Å². The van der Waals surface area contributed by atoms with Crippen molar-refractivity contribution in [2.75, 3.05) is 24.7 Å². The summed E-state index contributed by atoms with van der Waals surface area (Å²) in [7, 11) is -0.0853. The number of rotatable bonds is 5. The van der Waals surface area contributed by atoms with Crippen molar-refractivity contribution < 1.29 is 8.42 Å². The van der Waals surface area contributed by atoms with Gasteiger partial charge in [0, 0.05) is 19.8 Å². The average molecular weight is 499 g/mol. The maximum Gasteiger partial charge on any atom is 0.212 e. The SMILES string of the molecule is Cc1ccc(C)c(S(=O)(=O)c2c(N)n(N=Cc3ccc(N(C)C)cc3)c3nc4ccccc4nc23)c1. The number of nitrogen functional groups attached to an aromatic ring is 1. The molecule has 0 aliphatic carbocycles. The van der Waals surface area contributed by atoms with Gasteiger partial charge >= 0.3 is 0 Å². The lowest BCUT2D eigenvalue weighted by Crippen LogP contribution is -2.08. The third-order valence-corrected chi connectivity index (χ3v) is 8.02. The fourth-order valence-corrected chi connectivity index (χ4v) is 5.90. The molecule has 0 fully saturated rings. The van der Waals surface area contributed by atoms with E-state index in [4.69, 9.17) is 10.7 Å². The zero-order valence-corrected chi connectivity index (χ0v) is 21.3. The van der Waals surface area contributed by atoms with E-state index in [0.717, 1.165) is 16.8 Å². The van der Waals surface area contributed by atoms with Gasteiger partial charge in [0.1, 0.15) is 16.2 Å². The molecule has 0 amide bonds. The van der Waals surface area contributed by atoms with Crippen LogP contribution in [0.4, 0.5) is 11.5 Å². The zero-order chi connectivity index (χ0) is 25.6. The van der Waals surface area contributed by atoms with Crippen molar-refractivity contribution in [3.8, 4) is 0 Å². The number of aromatic nitrogens is 3. The van der Waals surface area contributed by atoms with Crippen LogP contribution in [0.25, 0.3) is 22.2 Å². The number of fused-ring (bicyclic) bond motifs is 2. The second kappa shape index (κ2) is 8.76. The summed E-state index contributed by atoms with van der Waals surface area (Å²) in [5, 5.41) is 4.54. The number of hydrogen-bond donors (Lipinski definition) is 1. The Kier molecular flexibility index (Phi) is 5.72. The predicted octanol–water partition coefficient (Wildman–Crippen LogP) is 4.56. The highest BCUT2D eigenvalue weighted by molar-refractivity contribution is 7.92. The van der Waals surface area contributed by atoms with Gasteiger partial charge in [-0.05, 0) is 60.9 Å². The molecule has 2 N–H and O–H groups in total. The standard InChI is InChI=1S/C27H26N6O2S/c1-17-9-10-18(2)23(15-17)36(34,35)25-24-27(31-22-8-6-5-7-21(22)30-24)33(26(25)28)29-16-19-11-13-20(14-12-19)32(3)4/h5-16H,28H2,1-4H3. The van der Waals surface area contributed by atoms with Crippen molar-refractivity contribution in [3.05, 3.63) is 83.4 Å². The van der Waals surface area contributed by atoms with E-state index in [-0.39, 0.29) is 26.8 Å². The van der Waals surface area contributed by atoms with Crippen molar-refractivity contribution in [1.82, 2.24) is 14.6 Å². The van der Waals surface area contributed by atoms with E-state index in [1.54, 1.807) is 31.3 Å². The first-order valence-corrected chi connectivity index (χ1v) is 12.9. The number of nitrogens with two attached hydrogens (primary N) is 1. The van der Waals surface area contributed by atoms with Crippen molar-refractivity contribution in [1.29, 1.82) is 0 Å². The molecule has 2 aromatic heterocycles. The highest BCUT2D eigenvalue weighted by Crippen LogP contribution is 2.36. The first-order chi connectivity index (χ1) is 17.2. The Bertz CT molecular complexity index is 1750. The number of nitrogens with zero attached hydrogens (tertiary/aromatic N) is 5. The molecule has 36 heavy (non-hydrogen) atoms. The predicted molar refractivity (Wildman–Crippen MR) is 145 cm³/mol. The normalized spacial score (nSPS) is 12.1. The molecule has 182 valence electrons. The molecule has 5 rings (SSSR count). The third-order valence-electron chi connectivity index (χ3n) is 6.06. The molecule has 0 aliphatic heterocycles. The molecule has 0 unspecified atom stereocenters. The second-order valence-corrected chi connectivity index (χ2v) is 10.8. The Balaban J connectivity index is 1.75. The fourth-order valence-electron chi connectivity index (χ4n) is 4.09. The van der Waals surface area contributed by atoms with Crippen molar-refractivity contribution >= 4 is 49.8 Å². The van der Waals surface area contributed by atoms with Gasteiger partial charge < -0.3 is 10.6 Å². The van der Waals surface area contributed by atoms with Gasteiger partial charge in [0.2, 0.25) is 9.84 Å². The lowest BCUT2D eigenvalue weighted by molar-refractivity contribution is 0.596. The maximum absolute atomic E-state index is 13.9. The summed E-state index contributed by atoms with van der Waals surface area (Å²) in [5.41, 5.74) is 11.5. The van der Waals surface area contributed by atoms with E-state index in [2.05, 4.69) is 10.1 Å². The molecule has 8 nitrogen and oxygen atoms in total. The van der Waals surface area contributed by atoms with Crippen LogP contribution in [0.3, 0.4) is 0 Å². The Hall–Kier alpha value is -4.24. The van der Waals surface area contributed by atoms with E-state index in [9.17, 15) is 8.42 Å². The van der Waals surface area contributed by atoms with Crippen LogP contribution >= 0.6 is 0 Å². The highest BCUT2D eigenvalue weighted by atomic mass is 32.2. The molecular formula is C27H26N6O2S. The van der Waals surface area contributed by atoms with Crippen LogP contribution in [0.2, 0.25) is 0 Å². The topological polar surface area (TPSA) is 106 Å². The van der Waals surface area contributed by atoms with Gasteiger partial charge in [0.05, 0.1) is 22.1 Å². The summed E-state index contributed by atoms with van der Waals surface area (Å²) in [6.07, 6.45) is 1.63. The number of anilines is 2. The molecular weight excluding hydrogens is 472 g/mol. The van der Waals surface area contributed by atoms with Gasteiger partial charge in [-0.1, -0.05) is 36.4 Å². The van der Waals surface area contributed by atoms with Crippen molar-refractivity contribution in [2.24, 2.45) is 5.10 Å². The smallest absolute Gasteiger partial charge is 0.212 e. The van der Waals surface area contributed by atoms with Crippen LogP contribution in [-0.2, 0) is 9.84 Å². The molecule has 5 aromatic rings. The largest absolute Gasteiger partial charge is 0.382 e. The minimum atomic E-state index is -4.02. The van der Waals surface area contributed by atoms with E-state index < -0.39 is 9.84 Å². The first kappa shape index (κ1) is 23.5. The zero-order valence-electron chi connectivity index (χ0n) is 20.5. The van der Waals surface area contributed by atoms with Gasteiger partial charge in [-0.25, -0.2) is 18.4 Å². The number of hydrogen-bond acceptors (Lipinski definition) is 7. The lowest BCUT2D eigenvalue weighted by atomic mass is 10.2. The Morgan fingerprint density at radius 2 is 1.61 bits per heavy atom. The van der Waals surface area contributed by atoms with Crippen molar-refractivity contribution in [2.45, 2.75) is 23.6 Å². The van der Waals surface area contributed by atoms with Gasteiger partial charge in [0.15, 0.2) is 5.65 Å². The molecule has 0 saturated carbocycles. The molecule has 2 heterocycles. The highest BCUT2D eigenvalue weighted by Gasteiger charge is 2.31. The molecule has 0 saturated heterocycles. The summed E-state index contributed by atoms with van der Waals surface area (Å²) in [4.78, 5) is 11.5. The Labute approximate surface area is 209 Å². The quantitative estimate of drug-likeness (QED) is 0.356. The Morgan fingerprint density at radius 1 is 0.944 bits per heavy atom. The van der Waals surface area contributed by atoms with Gasteiger partial charge in [-0.3, -0.25) is 0 Å². The maximum atomic E-state index is 13.9. The van der Waals surface area contributed by atoms with Gasteiger partial charge in [-0.2, -0.15) is 9.78 Å². The first-order valence-electron chi connectivity index (χ1n) is 11.4. The molecule has 9 heteroatoms. The van der Waals surface area contributed by atoms with Gasteiger partial charge in [0.25, 0.3) is 0 Å². The summed E-state index contributed by atoms with van der Waals surface area (Å²) < 4.78 is 29.3. The summed E-state index contributed by atoms with van der Waals surface area (Å²) in [6.45, 7) is 3.61. The van der Waals surface area contributed by atoms with Crippen LogP contribution in [-0.4, -0.2) is 43.4 Å². The van der Waals surface area contributed by atoms with E-state index in [1.807, 2.05) is 74.4 Å². The molecule has 0 radical (unpaired) electrons. The minimum absolute atomic E-state index is 0.0395. The summed E-state index contributed by atoms with van der Waals surface area (Å²) in [6, 6.07) is 20.4. The fraction of sp³-hybridized carbons (Fsp3) is 0.148. The third kappa shape index (κ3) is 3.97. The number of para-hydroxylation sites is 2. The molecule has 0 atom stereocenters.